The summed E-state index contributed by atoms with van der Waals surface area (Å²) in [6, 6.07) is 12.5. The molecule has 2 N–H and O–H groups in total. The smallest absolute Gasteiger partial charge is 0.408 e. The number of carbonyl (C=O) groups is 2. The number of rotatable bonds is 9. The Hall–Kier alpha value is -3.26. The second-order valence-electron chi connectivity index (χ2n) is 7.15. The Bertz CT molecular complexity index is 979. The maximum Gasteiger partial charge on any atom is 0.408 e. The molecule has 0 aliphatic carbocycles. The largest absolute Gasteiger partial charge is 0.445 e. The lowest BCUT2D eigenvalue weighted by molar-refractivity contribution is -0.124. The summed E-state index contributed by atoms with van der Waals surface area (Å²) in [5, 5.41) is 8.33. The highest BCUT2D eigenvalue weighted by atomic mass is 32.1. The molecule has 31 heavy (non-hydrogen) atoms. The van der Waals surface area contributed by atoms with E-state index in [1.807, 2.05) is 61.7 Å². The molecule has 0 spiro atoms. The minimum absolute atomic E-state index is 0.0482. The molecule has 0 saturated heterocycles. The number of nitrogens with one attached hydrogen (secondary N) is 2. The van der Waals surface area contributed by atoms with Gasteiger partial charge in [0.25, 0.3) is 0 Å². The van der Waals surface area contributed by atoms with E-state index in [0.29, 0.717) is 6.54 Å². The molecule has 0 aliphatic heterocycles. The van der Waals surface area contributed by atoms with Crippen molar-refractivity contribution < 1.29 is 14.3 Å². The molecular formula is C23H26N4O3S. The maximum atomic E-state index is 12.8. The van der Waals surface area contributed by atoms with Crippen molar-refractivity contribution in [1.82, 2.24) is 20.6 Å². The van der Waals surface area contributed by atoms with Crippen LogP contribution in [0.1, 0.15) is 30.8 Å². The Kier molecular flexibility index (Phi) is 8.12. The van der Waals surface area contributed by atoms with Crippen LogP contribution < -0.4 is 10.6 Å². The topological polar surface area (TPSA) is 93.2 Å². The van der Waals surface area contributed by atoms with E-state index in [2.05, 4.69) is 20.6 Å². The quantitative estimate of drug-likeness (QED) is 0.523. The van der Waals surface area contributed by atoms with Crippen molar-refractivity contribution in [3.05, 3.63) is 70.8 Å². The molecule has 0 saturated carbocycles. The first kappa shape index (κ1) is 22.4. The van der Waals surface area contributed by atoms with Gasteiger partial charge in [0, 0.05) is 23.3 Å². The van der Waals surface area contributed by atoms with Gasteiger partial charge in [0.2, 0.25) is 5.91 Å². The number of hydrogen-bond donors (Lipinski definition) is 2. The van der Waals surface area contributed by atoms with E-state index in [4.69, 9.17) is 4.74 Å². The van der Waals surface area contributed by atoms with Gasteiger partial charge in [-0.15, -0.1) is 11.3 Å². The highest BCUT2D eigenvalue weighted by Gasteiger charge is 2.26. The third-order valence-corrected chi connectivity index (χ3v) is 5.77. The Morgan fingerprint density at radius 3 is 2.58 bits per heavy atom. The SMILES string of the molecule is CC[C@H](C)[C@H](NC(=O)OCc1ccccc1)C(=O)NCc1nc(-c2ccncc2)cs1. The second-order valence-corrected chi connectivity index (χ2v) is 8.09. The summed E-state index contributed by atoms with van der Waals surface area (Å²) in [7, 11) is 0. The Morgan fingerprint density at radius 1 is 1.13 bits per heavy atom. The van der Waals surface area contributed by atoms with E-state index in [1.165, 1.54) is 11.3 Å². The number of benzene rings is 1. The van der Waals surface area contributed by atoms with Gasteiger partial charge in [-0.25, -0.2) is 9.78 Å². The Morgan fingerprint density at radius 2 is 1.87 bits per heavy atom. The van der Waals surface area contributed by atoms with Crippen LogP contribution in [0, 0.1) is 5.92 Å². The number of aromatic nitrogens is 2. The molecule has 0 unspecified atom stereocenters. The van der Waals surface area contributed by atoms with Crippen molar-refractivity contribution in [2.75, 3.05) is 0 Å². The fraction of sp³-hybridized carbons (Fsp3) is 0.304. The van der Waals surface area contributed by atoms with Gasteiger partial charge in [-0.2, -0.15) is 0 Å². The molecule has 0 radical (unpaired) electrons. The van der Waals surface area contributed by atoms with Crippen LogP contribution in [-0.2, 0) is 22.7 Å². The van der Waals surface area contributed by atoms with Crippen LogP contribution in [0.15, 0.2) is 60.2 Å². The summed E-state index contributed by atoms with van der Waals surface area (Å²) in [6.45, 7) is 4.34. The van der Waals surface area contributed by atoms with Crippen LogP contribution in [0.4, 0.5) is 4.79 Å². The number of pyridine rings is 1. The van der Waals surface area contributed by atoms with E-state index in [0.717, 1.165) is 28.2 Å². The van der Waals surface area contributed by atoms with E-state index in [-0.39, 0.29) is 18.4 Å². The van der Waals surface area contributed by atoms with Crippen LogP contribution in [0.5, 0.6) is 0 Å². The molecule has 8 heteroatoms. The minimum Gasteiger partial charge on any atom is -0.445 e. The second kappa shape index (κ2) is 11.2. The standard InChI is InChI=1S/C23H26N4O3S/c1-3-16(2)21(27-23(29)30-14-17-7-5-4-6-8-17)22(28)25-13-20-26-19(15-31-20)18-9-11-24-12-10-18/h4-12,15-16,21H,3,13-14H2,1-2H3,(H,25,28)(H,27,29)/t16-,21-/m0/s1. The number of thiazole rings is 1. The van der Waals surface area contributed by atoms with Gasteiger partial charge in [0.1, 0.15) is 17.7 Å². The zero-order chi connectivity index (χ0) is 22.1. The number of ether oxygens (including phenoxy) is 1. The van der Waals surface area contributed by atoms with Crippen LogP contribution in [0.25, 0.3) is 11.3 Å². The number of hydrogen-bond acceptors (Lipinski definition) is 6. The Balaban J connectivity index is 1.54. The average molecular weight is 439 g/mol. The lowest BCUT2D eigenvalue weighted by atomic mass is 9.98. The van der Waals surface area contributed by atoms with Gasteiger partial charge in [-0.3, -0.25) is 9.78 Å². The summed E-state index contributed by atoms with van der Waals surface area (Å²) in [5.74, 6) is -0.306. The fourth-order valence-corrected chi connectivity index (χ4v) is 3.66. The normalized spacial score (nSPS) is 12.6. The molecule has 0 fully saturated rings. The van der Waals surface area contributed by atoms with Crippen molar-refractivity contribution in [1.29, 1.82) is 0 Å². The van der Waals surface area contributed by atoms with Gasteiger partial charge in [0.15, 0.2) is 0 Å². The van der Waals surface area contributed by atoms with Gasteiger partial charge in [0.05, 0.1) is 12.2 Å². The monoisotopic (exact) mass is 438 g/mol. The van der Waals surface area contributed by atoms with Crippen LogP contribution in [0.2, 0.25) is 0 Å². The molecule has 162 valence electrons. The third-order valence-electron chi connectivity index (χ3n) is 4.92. The predicted molar refractivity (Wildman–Crippen MR) is 120 cm³/mol. The summed E-state index contributed by atoms with van der Waals surface area (Å²) in [5.41, 5.74) is 2.71. The fourth-order valence-electron chi connectivity index (χ4n) is 2.91. The molecule has 2 heterocycles. The molecule has 2 aromatic heterocycles. The molecule has 7 nitrogen and oxygen atoms in total. The summed E-state index contributed by atoms with van der Waals surface area (Å²) in [4.78, 5) is 33.6. The number of alkyl carbamates (subject to hydrolysis) is 1. The maximum absolute atomic E-state index is 12.8. The predicted octanol–water partition coefficient (Wildman–Crippen LogP) is 4.16. The highest BCUT2D eigenvalue weighted by molar-refractivity contribution is 7.09. The first-order valence-electron chi connectivity index (χ1n) is 10.2. The van der Waals surface area contributed by atoms with Gasteiger partial charge >= 0.3 is 6.09 Å². The lowest BCUT2D eigenvalue weighted by Gasteiger charge is -2.23. The van der Waals surface area contributed by atoms with Gasteiger partial charge < -0.3 is 15.4 Å². The van der Waals surface area contributed by atoms with E-state index in [9.17, 15) is 9.59 Å². The molecule has 0 bridgehead atoms. The number of amides is 2. The molecule has 1 aromatic carbocycles. The van der Waals surface area contributed by atoms with E-state index >= 15 is 0 Å². The molecular weight excluding hydrogens is 412 g/mol. The third kappa shape index (κ3) is 6.62. The zero-order valence-corrected chi connectivity index (χ0v) is 18.4. The molecule has 0 aliphatic rings. The lowest BCUT2D eigenvalue weighted by Crippen LogP contribution is -2.50. The van der Waals surface area contributed by atoms with Crippen molar-refractivity contribution in [2.24, 2.45) is 5.92 Å². The average Bonchev–Trinajstić information content (AvgIpc) is 3.29. The van der Waals surface area contributed by atoms with Crippen molar-refractivity contribution in [3.63, 3.8) is 0 Å². The minimum atomic E-state index is -0.687. The van der Waals surface area contributed by atoms with E-state index < -0.39 is 12.1 Å². The summed E-state index contributed by atoms with van der Waals surface area (Å²) in [6.07, 6.45) is 3.56. The molecule has 2 amide bonds. The van der Waals surface area contributed by atoms with Crippen LogP contribution in [0.3, 0.4) is 0 Å². The Labute approximate surface area is 185 Å². The summed E-state index contributed by atoms with van der Waals surface area (Å²) >= 11 is 1.47. The van der Waals surface area contributed by atoms with E-state index in [1.54, 1.807) is 12.4 Å². The highest BCUT2D eigenvalue weighted by Crippen LogP contribution is 2.21. The van der Waals surface area contributed by atoms with Crippen molar-refractivity contribution in [3.8, 4) is 11.3 Å². The number of nitrogens with zero attached hydrogens (tertiary/aromatic N) is 2. The first-order chi connectivity index (χ1) is 15.1. The van der Waals surface area contributed by atoms with Gasteiger partial charge in [-0.1, -0.05) is 50.6 Å². The molecule has 3 aromatic rings. The van der Waals surface area contributed by atoms with Crippen molar-refractivity contribution >= 4 is 23.3 Å². The first-order valence-corrected chi connectivity index (χ1v) is 11.0. The van der Waals surface area contributed by atoms with Crippen molar-refractivity contribution in [2.45, 2.75) is 39.5 Å². The molecule has 2 atom stereocenters. The molecule has 3 rings (SSSR count). The zero-order valence-electron chi connectivity index (χ0n) is 17.6. The van der Waals surface area contributed by atoms with Crippen LogP contribution in [-0.4, -0.2) is 28.0 Å². The van der Waals surface area contributed by atoms with Gasteiger partial charge in [-0.05, 0) is 23.6 Å². The number of carbonyl (C=O) groups excluding carboxylic acids is 2. The van der Waals surface area contributed by atoms with Crippen LogP contribution >= 0.6 is 11.3 Å². The summed E-state index contributed by atoms with van der Waals surface area (Å²) < 4.78 is 5.27.